The van der Waals surface area contributed by atoms with Crippen molar-refractivity contribution in [2.45, 2.75) is 259 Å². The monoisotopic (exact) mass is 1520 g/mol. The average molecular weight is 1520 g/mol. The van der Waals surface area contributed by atoms with Crippen LogP contribution in [0, 0.1) is 136 Å². The zero-order valence-corrected chi connectivity index (χ0v) is 76.1. The minimum Gasteiger partial charge on any atom is -0.457 e. The Kier molecular flexibility index (Phi) is 24.8. The highest BCUT2D eigenvalue weighted by Gasteiger charge is 2.62. The Bertz CT molecular complexity index is 4290. The lowest BCUT2D eigenvalue weighted by atomic mass is 9.61. The largest absolute Gasteiger partial charge is 0.457 e. The lowest BCUT2D eigenvalue weighted by Crippen LogP contribution is -2.39. The van der Waals surface area contributed by atoms with E-state index < -0.39 is 0 Å². The lowest BCUT2D eigenvalue weighted by molar-refractivity contribution is 0.0524. The summed E-state index contributed by atoms with van der Waals surface area (Å²) in [4.78, 5) is 2.48. The number of rotatable bonds is 0. The van der Waals surface area contributed by atoms with Crippen LogP contribution in [0.1, 0.15) is 241 Å². The van der Waals surface area contributed by atoms with Crippen molar-refractivity contribution in [2.24, 2.45) is 143 Å². The molecular formula is C106H150N2O2S. The van der Waals surface area contributed by atoms with Crippen molar-refractivity contribution in [3.63, 3.8) is 0 Å². The first kappa shape index (κ1) is 84.8. The van der Waals surface area contributed by atoms with E-state index in [0.29, 0.717) is 76.8 Å². The average Bonchev–Trinajstić information content (AvgIpc) is 1.55. The quantitative estimate of drug-likeness (QED) is 0.151. The van der Waals surface area contributed by atoms with Gasteiger partial charge in [-0.2, -0.15) is 11.8 Å². The van der Waals surface area contributed by atoms with Crippen LogP contribution in [0.3, 0.4) is 0 Å². The third-order valence-corrected chi connectivity index (χ3v) is 38.2. The number of hydrogen-bond donors (Lipinski definition) is 0. The summed E-state index contributed by atoms with van der Waals surface area (Å²) in [5.74, 6) is 18.9. The third kappa shape index (κ3) is 13.5. The molecule has 10 aliphatic rings. The van der Waals surface area contributed by atoms with Crippen LogP contribution in [0.25, 0.3) is 44.1 Å². The van der Waals surface area contributed by atoms with Gasteiger partial charge >= 0.3 is 0 Å². The maximum absolute atomic E-state index is 6.23. The van der Waals surface area contributed by atoms with E-state index in [2.05, 4.69) is 401 Å². The van der Waals surface area contributed by atoms with Gasteiger partial charge in [-0.15, -0.1) is 0 Å². The summed E-state index contributed by atoms with van der Waals surface area (Å²) in [6.07, 6.45) is 0.935. The van der Waals surface area contributed by atoms with Gasteiger partial charge in [0.15, 0.2) is 0 Å². The molecule has 4 saturated carbocycles. The van der Waals surface area contributed by atoms with Gasteiger partial charge in [0.1, 0.15) is 11.5 Å². The zero-order valence-electron chi connectivity index (χ0n) is 75.3. The van der Waals surface area contributed by atoms with Crippen LogP contribution in [-0.4, -0.2) is 51.3 Å². The summed E-state index contributed by atoms with van der Waals surface area (Å²) in [6, 6.07) is 60.1. The Hall–Kier alpha value is -5.59. The molecule has 29 atom stereocenters. The van der Waals surface area contributed by atoms with Crippen LogP contribution in [0.5, 0.6) is 11.5 Å². The second-order valence-electron chi connectivity index (χ2n) is 39.7. The zero-order chi connectivity index (χ0) is 81.1. The van der Waals surface area contributed by atoms with Crippen molar-refractivity contribution in [3.05, 3.63) is 191 Å². The van der Waals surface area contributed by atoms with Gasteiger partial charge in [0.2, 0.25) is 0 Å². The van der Waals surface area contributed by atoms with Crippen LogP contribution in [0.15, 0.2) is 158 Å². The molecular weight excluding hydrogens is 1370 g/mol. The number of para-hydroxylation sites is 3. The predicted molar refractivity (Wildman–Crippen MR) is 482 cm³/mol. The summed E-state index contributed by atoms with van der Waals surface area (Å²) in [5.41, 5.74) is 18.5. The molecule has 0 N–H and O–H groups in total. The molecule has 18 rings (SSSR count). The van der Waals surface area contributed by atoms with Gasteiger partial charge < -0.3 is 18.9 Å². The number of aryl methyl sites for hydroxylation is 1. The fraction of sp³-hybridized carbons (Fsp3) is 0.604. The number of ether oxygens (including phenoxy) is 2. The van der Waals surface area contributed by atoms with E-state index in [4.69, 9.17) is 9.47 Å². The number of nitrogens with zero attached hydrogens (tertiary/aromatic N) is 2. The molecule has 8 aromatic rings. The minimum absolute atomic E-state index is 0.0737. The van der Waals surface area contributed by atoms with E-state index in [1.54, 1.807) is 22.3 Å². The summed E-state index contributed by atoms with van der Waals surface area (Å²) in [7, 11) is 4.45. The van der Waals surface area contributed by atoms with E-state index in [0.717, 1.165) is 105 Å². The molecule has 7 aromatic carbocycles. The Balaban J connectivity index is 0.000000126. The fourth-order valence-corrected chi connectivity index (χ4v) is 27.0. The maximum atomic E-state index is 6.23. The van der Waals surface area contributed by atoms with Gasteiger partial charge in [-0.1, -0.05) is 307 Å². The number of aromatic nitrogens is 1. The molecule has 5 heteroatoms. The number of thioether (sulfide) groups is 1. The number of likely N-dealkylation sites (tertiary alicyclic amines) is 1. The van der Waals surface area contributed by atoms with Gasteiger partial charge in [-0.25, -0.2) is 0 Å². The van der Waals surface area contributed by atoms with Crippen molar-refractivity contribution in [1.29, 1.82) is 0 Å². The Morgan fingerprint density at radius 2 is 0.586 bits per heavy atom. The maximum Gasteiger partial charge on any atom is 0.131 e. The van der Waals surface area contributed by atoms with Gasteiger partial charge in [-0.3, -0.25) is 0 Å². The van der Waals surface area contributed by atoms with E-state index in [-0.39, 0.29) is 16.2 Å². The first-order valence-corrected chi connectivity index (χ1v) is 45.5. The molecule has 0 radical (unpaired) electrons. The molecule has 6 aliphatic carbocycles. The van der Waals surface area contributed by atoms with E-state index in [1.165, 1.54) is 55.2 Å². The topological polar surface area (TPSA) is 26.6 Å². The Morgan fingerprint density at radius 1 is 0.279 bits per heavy atom. The minimum atomic E-state index is 0.0737. The van der Waals surface area contributed by atoms with Crippen molar-refractivity contribution in [2.75, 3.05) is 7.05 Å². The van der Waals surface area contributed by atoms with Crippen LogP contribution < -0.4 is 4.74 Å². The standard InChI is InChI=1S/C28H29N.C21H24O.C21H24.C11H22.C9H19N.C8H16O.C8H16S/c1-16-17(2)19(4)28(18(16)3)24-12-8-6-10-20(24)22-14-23-21-11-7-9-13-26(21)29(5)27(23)15-25(22)28;1-13-14(2)16(4)21(15(13)3)17-9-5-7-11-19(17)22-20-12-8-6-10-18(20)21;1-13-14(2)16(4)21(15(13)3)19-11-7-5-9-17(19)18-10-6-8-12-20(18)21;1-7-8(2)10(4)11(5,6)9(7)3;1-6-7(2)9(4)10(5)8(6)3;2*1-5-6(2)8(4)9-7(5)3/h6-19H,1-5H3;5-16H,1-4H3;5-16H,1-4H3;7-10H,1-6H3;6-9H,1-5H3;2*5-8H,1-4H3/t16-,17+,18-,19+,28?;2*13-,14+,15-,16+;7-,8+,9-,10+;6-,7+,8-,9+;2*5-,6+,7-,8+. The molecule has 7 fully saturated rings. The van der Waals surface area contributed by atoms with Crippen molar-refractivity contribution < 1.29 is 9.47 Å². The molecule has 4 aliphatic heterocycles. The van der Waals surface area contributed by atoms with Gasteiger partial charge in [0.05, 0.1) is 12.2 Å². The highest BCUT2D eigenvalue weighted by Crippen LogP contribution is 2.68. The molecule has 0 amide bonds. The Labute approximate surface area is 681 Å². The normalized spacial score (nSPS) is 38.1. The first-order chi connectivity index (χ1) is 52.3. The Morgan fingerprint density at radius 3 is 0.901 bits per heavy atom. The van der Waals surface area contributed by atoms with Crippen LogP contribution >= 0.6 is 11.8 Å². The fourth-order valence-electron chi connectivity index (χ4n) is 25.3. The SMILES string of the molecule is C[C@@H]1[C@H](C)[C@H](C)C(C)(C)[C@@H]1C.C[C@@H]1[C@H](C)[C@H](C)C2(c3ccccc3-c3cc4c5ccccc5n(C)c4cc32)[C@@H]1C.C[C@@H]1[C@H](C)[C@H](C)C2(c3ccccc3-c3ccccc32)[C@@H]1C.C[C@@H]1[C@H](C)[C@H](C)C2(c3ccccc3Oc3ccccc32)[C@@H]1C.C[C@@H]1[C@H](C)[C@H](C)N(C)[C@@H]1C.C[C@@H]1[C@H](C)[C@H](C)O[C@@H]1C.C[C@@H]1[C@H](C)[C@H](C)S[C@@H]1C. The molecule has 3 spiro atoms. The molecule has 3 saturated heterocycles. The van der Waals surface area contributed by atoms with E-state index in [9.17, 15) is 0 Å². The summed E-state index contributed by atoms with van der Waals surface area (Å²) in [6.45, 7) is 71.6. The molecule has 1 aromatic heterocycles. The van der Waals surface area contributed by atoms with Crippen molar-refractivity contribution in [3.8, 4) is 33.8 Å². The lowest BCUT2D eigenvalue weighted by Gasteiger charge is -2.44. The highest BCUT2D eigenvalue weighted by molar-refractivity contribution is 8.00. The predicted octanol–water partition coefficient (Wildman–Crippen LogP) is 28.7. The molecule has 5 heterocycles. The second-order valence-corrected chi connectivity index (χ2v) is 41.5. The number of benzene rings is 7. The third-order valence-electron chi connectivity index (χ3n) is 36.5. The summed E-state index contributed by atoms with van der Waals surface area (Å²) >= 11 is 2.14. The van der Waals surface area contributed by atoms with Gasteiger partial charge in [0, 0.05) is 78.8 Å². The second kappa shape index (κ2) is 32.5. The molecule has 111 heavy (non-hydrogen) atoms. The molecule has 4 nitrogen and oxygen atoms in total. The van der Waals surface area contributed by atoms with Crippen LogP contribution in [0.2, 0.25) is 0 Å². The van der Waals surface area contributed by atoms with Gasteiger partial charge in [-0.05, 0) is 245 Å². The molecule has 602 valence electrons. The van der Waals surface area contributed by atoms with E-state index >= 15 is 0 Å². The smallest absolute Gasteiger partial charge is 0.131 e. The number of fused-ring (bicyclic) bond motifs is 17. The number of hydrogen-bond acceptors (Lipinski definition) is 4. The van der Waals surface area contributed by atoms with Crippen molar-refractivity contribution in [1.82, 2.24) is 9.47 Å². The van der Waals surface area contributed by atoms with Crippen molar-refractivity contribution >= 4 is 33.6 Å². The molecule has 0 bridgehead atoms. The first-order valence-electron chi connectivity index (χ1n) is 44.6. The van der Waals surface area contributed by atoms with Crippen LogP contribution in [-0.2, 0) is 28.0 Å². The van der Waals surface area contributed by atoms with Gasteiger partial charge in [0.25, 0.3) is 0 Å². The highest BCUT2D eigenvalue weighted by atomic mass is 32.2. The summed E-state index contributed by atoms with van der Waals surface area (Å²) < 4.78 is 14.2. The molecule has 1 unspecified atom stereocenters. The van der Waals surface area contributed by atoms with E-state index in [1.807, 2.05) is 0 Å². The summed E-state index contributed by atoms with van der Waals surface area (Å²) in [5, 5.41) is 4.51. The van der Waals surface area contributed by atoms with Crippen LogP contribution in [0.4, 0.5) is 0 Å².